The van der Waals surface area contributed by atoms with Crippen molar-refractivity contribution in [1.82, 2.24) is 9.97 Å². The van der Waals surface area contributed by atoms with Crippen molar-refractivity contribution >= 4 is 22.8 Å². The zero-order valence-electron chi connectivity index (χ0n) is 18.5. The van der Waals surface area contributed by atoms with Crippen LogP contribution in [0, 0.1) is 18.2 Å². The standard InChI is InChI=1S/C23H21F4N3O.CH4O/c1-14-28-12-16-19(9-4-10-20(16)30-14)29-13-22(23(25,26)27)11-5-7-17(22)15-6-3-8-18(24)21(15)31-2;1-2/h3-4,6,8-10,12-13,17H,5,7,11H2,1-2H3;2H,1H3/t17-,22+;/m1./s1. The van der Waals surface area contributed by atoms with Gasteiger partial charge in [-0.05, 0) is 38.0 Å². The first-order valence-corrected chi connectivity index (χ1v) is 10.4. The van der Waals surface area contributed by atoms with Crippen LogP contribution < -0.4 is 4.74 Å². The molecule has 5 nitrogen and oxygen atoms in total. The van der Waals surface area contributed by atoms with Gasteiger partial charge in [-0.2, -0.15) is 13.2 Å². The molecule has 2 aromatic carbocycles. The highest BCUT2D eigenvalue weighted by Gasteiger charge is 2.61. The van der Waals surface area contributed by atoms with E-state index in [0.29, 0.717) is 28.8 Å². The van der Waals surface area contributed by atoms with Gasteiger partial charge in [0.25, 0.3) is 0 Å². The number of aliphatic hydroxyl groups excluding tert-OH is 1. The molecule has 33 heavy (non-hydrogen) atoms. The summed E-state index contributed by atoms with van der Waals surface area (Å²) in [7, 11) is 2.26. The highest BCUT2D eigenvalue weighted by molar-refractivity contribution is 5.91. The normalized spacial score (nSPS) is 20.7. The summed E-state index contributed by atoms with van der Waals surface area (Å²) in [6.07, 6.45) is -1.57. The van der Waals surface area contributed by atoms with Gasteiger partial charge in [-0.15, -0.1) is 0 Å². The predicted molar refractivity (Wildman–Crippen MR) is 119 cm³/mol. The van der Waals surface area contributed by atoms with Crippen LogP contribution in [0.5, 0.6) is 5.75 Å². The minimum absolute atomic E-state index is 0.134. The number of hydrogen-bond donors (Lipinski definition) is 1. The molecule has 0 unspecified atom stereocenters. The number of alkyl halides is 3. The molecule has 0 spiro atoms. The lowest BCUT2D eigenvalue weighted by Crippen LogP contribution is -2.41. The first kappa shape index (κ1) is 24.6. The van der Waals surface area contributed by atoms with Crippen LogP contribution in [0.15, 0.2) is 47.6 Å². The molecule has 0 amide bonds. The van der Waals surface area contributed by atoms with Gasteiger partial charge < -0.3 is 9.84 Å². The molecule has 1 aliphatic rings. The van der Waals surface area contributed by atoms with Gasteiger partial charge in [0.15, 0.2) is 11.6 Å². The second kappa shape index (κ2) is 9.82. The summed E-state index contributed by atoms with van der Waals surface area (Å²) in [6, 6.07) is 9.18. The van der Waals surface area contributed by atoms with Crippen LogP contribution in [-0.2, 0) is 0 Å². The van der Waals surface area contributed by atoms with Crippen molar-refractivity contribution in [3.8, 4) is 5.75 Å². The van der Waals surface area contributed by atoms with E-state index in [1.807, 2.05) is 0 Å². The number of halogens is 4. The van der Waals surface area contributed by atoms with Crippen molar-refractivity contribution < 1.29 is 27.4 Å². The molecular formula is C24H25F4N3O2. The number of aliphatic imine (C=N–C) groups is 1. The summed E-state index contributed by atoms with van der Waals surface area (Å²) in [5, 5.41) is 7.57. The maximum absolute atomic E-state index is 14.5. The first-order chi connectivity index (χ1) is 15.8. The van der Waals surface area contributed by atoms with Crippen molar-refractivity contribution in [3.05, 3.63) is 59.8 Å². The number of rotatable bonds is 4. The monoisotopic (exact) mass is 463 g/mol. The number of aliphatic hydroxyl groups is 1. The van der Waals surface area contributed by atoms with Gasteiger partial charge in [0.1, 0.15) is 11.2 Å². The third-order valence-corrected chi connectivity index (χ3v) is 5.97. The third-order valence-electron chi connectivity index (χ3n) is 5.97. The van der Waals surface area contributed by atoms with Crippen molar-refractivity contribution in [2.24, 2.45) is 10.4 Å². The topological polar surface area (TPSA) is 67.6 Å². The Labute approximate surface area is 189 Å². The molecule has 1 fully saturated rings. The van der Waals surface area contributed by atoms with Crippen LogP contribution in [0.3, 0.4) is 0 Å². The summed E-state index contributed by atoms with van der Waals surface area (Å²) < 4.78 is 62.9. The second-order valence-corrected chi connectivity index (χ2v) is 7.73. The van der Waals surface area contributed by atoms with Gasteiger partial charge in [-0.1, -0.05) is 24.6 Å². The van der Waals surface area contributed by atoms with Crippen LogP contribution in [0.1, 0.15) is 36.6 Å². The number of nitrogens with zero attached hydrogens (tertiary/aromatic N) is 3. The number of ether oxygens (including phenoxy) is 1. The van der Waals surface area contributed by atoms with Gasteiger partial charge in [-0.25, -0.2) is 14.4 Å². The number of methoxy groups -OCH3 is 1. The number of aryl methyl sites for hydroxylation is 1. The van der Waals surface area contributed by atoms with Crippen LogP contribution in [-0.4, -0.2) is 41.7 Å². The van der Waals surface area contributed by atoms with E-state index in [0.717, 1.165) is 13.3 Å². The lowest BCUT2D eigenvalue weighted by Gasteiger charge is -2.35. The van der Waals surface area contributed by atoms with E-state index in [1.165, 1.54) is 25.3 Å². The Morgan fingerprint density at radius 1 is 1.18 bits per heavy atom. The van der Waals surface area contributed by atoms with E-state index in [9.17, 15) is 17.6 Å². The number of hydrogen-bond acceptors (Lipinski definition) is 5. The molecule has 1 heterocycles. The zero-order chi connectivity index (χ0) is 24.2. The van der Waals surface area contributed by atoms with Crippen LogP contribution in [0.4, 0.5) is 23.2 Å². The number of aromatic nitrogens is 2. The molecular weight excluding hydrogens is 438 g/mol. The van der Waals surface area contributed by atoms with E-state index < -0.39 is 23.3 Å². The quantitative estimate of drug-likeness (QED) is 0.386. The van der Waals surface area contributed by atoms with Crippen molar-refractivity contribution in [1.29, 1.82) is 0 Å². The Balaban J connectivity index is 0.00000149. The fourth-order valence-electron chi connectivity index (χ4n) is 4.48. The highest BCUT2D eigenvalue weighted by atomic mass is 19.4. The molecule has 9 heteroatoms. The predicted octanol–water partition coefficient (Wildman–Crippen LogP) is 5.91. The number of para-hydroxylation sites is 1. The Kier molecular flexibility index (Phi) is 7.31. The summed E-state index contributed by atoms with van der Waals surface area (Å²) >= 11 is 0. The van der Waals surface area contributed by atoms with Gasteiger partial charge >= 0.3 is 6.18 Å². The Morgan fingerprint density at radius 2 is 1.91 bits per heavy atom. The highest BCUT2D eigenvalue weighted by Crippen LogP contribution is 2.58. The van der Waals surface area contributed by atoms with Crippen molar-refractivity contribution in [2.75, 3.05) is 14.2 Å². The van der Waals surface area contributed by atoms with E-state index in [4.69, 9.17) is 9.84 Å². The summed E-state index contributed by atoms with van der Waals surface area (Å²) in [5.41, 5.74) is -1.06. The molecule has 0 saturated heterocycles. The zero-order valence-corrected chi connectivity index (χ0v) is 18.5. The number of fused-ring (bicyclic) bond motifs is 1. The summed E-state index contributed by atoms with van der Waals surface area (Å²) in [6.45, 7) is 1.74. The van der Waals surface area contributed by atoms with E-state index in [1.54, 1.807) is 31.3 Å². The molecule has 0 bridgehead atoms. The molecule has 1 saturated carbocycles. The van der Waals surface area contributed by atoms with Gasteiger partial charge in [0.2, 0.25) is 0 Å². The average molecular weight is 463 g/mol. The fourth-order valence-corrected chi connectivity index (χ4v) is 4.48. The minimum atomic E-state index is -4.58. The first-order valence-electron chi connectivity index (χ1n) is 10.4. The maximum atomic E-state index is 14.5. The minimum Gasteiger partial charge on any atom is -0.493 e. The smallest absolute Gasteiger partial charge is 0.399 e. The molecule has 1 N–H and O–H groups in total. The second-order valence-electron chi connectivity index (χ2n) is 7.73. The molecule has 2 atom stereocenters. The van der Waals surface area contributed by atoms with Crippen LogP contribution in [0.25, 0.3) is 10.9 Å². The Morgan fingerprint density at radius 3 is 2.61 bits per heavy atom. The van der Waals surface area contributed by atoms with Crippen molar-refractivity contribution in [2.45, 2.75) is 38.3 Å². The fraction of sp³-hybridized carbons (Fsp3) is 0.375. The molecule has 0 radical (unpaired) electrons. The van der Waals surface area contributed by atoms with Gasteiger partial charge in [0.05, 0.1) is 18.3 Å². The Bertz CT molecular complexity index is 1150. The molecule has 3 aromatic rings. The third kappa shape index (κ3) is 4.55. The van der Waals surface area contributed by atoms with Crippen molar-refractivity contribution in [3.63, 3.8) is 0 Å². The van der Waals surface area contributed by atoms with Crippen LogP contribution in [0.2, 0.25) is 0 Å². The Hall–Kier alpha value is -3.07. The van der Waals surface area contributed by atoms with E-state index in [2.05, 4.69) is 15.0 Å². The lowest BCUT2D eigenvalue weighted by atomic mass is 9.74. The largest absolute Gasteiger partial charge is 0.493 e. The molecule has 0 aliphatic heterocycles. The van der Waals surface area contributed by atoms with E-state index >= 15 is 0 Å². The summed E-state index contributed by atoms with van der Waals surface area (Å²) in [4.78, 5) is 12.7. The van der Waals surface area contributed by atoms with Crippen LogP contribution >= 0.6 is 0 Å². The molecule has 176 valence electrons. The lowest BCUT2D eigenvalue weighted by molar-refractivity contribution is -0.198. The molecule has 1 aromatic heterocycles. The maximum Gasteiger partial charge on any atom is 0.399 e. The van der Waals surface area contributed by atoms with Gasteiger partial charge in [-0.3, -0.25) is 4.99 Å². The van der Waals surface area contributed by atoms with E-state index in [-0.39, 0.29) is 24.2 Å². The molecule has 4 rings (SSSR count). The SMILES string of the molecule is CO.COc1c(F)cccc1[C@H]1CCC[C@@]1(C=Nc1cccc2nc(C)ncc12)C(F)(F)F. The summed E-state index contributed by atoms with van der Waals surface area (Å²) in [5.74, 6) is -1.27. The molecule has 1 aliphatic carbocycles. The van der Waals surface area contributed by atoms with Gasteiger partial charge in [0, 0.05) is 36.4 Å². The number of benzene rings is 2. The average Bonchev–Trinajstić information content (AvgIpc) is 3.23.